The molecule has 1 fully saturated rings. The summed E-state index contributed by atoms with van der Waals surface area (Å²) in [5, 5.41) is 1.77. The standard InChI is InChI=1S/C23H26ClN3OS2/c1-17-9-10-19(24)22-21(17)25-23(30-22)27-13-11-26(12-14-27)20(28)8-5-15-29-16-18-6-3-2-4-7-18/h2-4,6-7,9-10H,5,8,11-16H2,1H3. The zero-order valence-corrected chi connectivity index (χ0v) is 19.5. The van der Waals surface area contributed by atoms with Crippen LogP contribution in [-0.4, -0.2) is 47.7 Å². The highest BCUT2D eigenvalue weighted by Crippen LogP contribution is 2.35. The molecule has 1 aliphatic heterocycles. The molecule has 4 nitrogen and oxygen atoms in total. The smallest absolute Gasteiger partial charge is 0.222 e. The molecule has 0 aliphatic carbocycles. The van der Waals surface area contributed by atoms with E-state index in [1.807, 2.05) is 34.9 Å². The van der Waals surface area contributed by atoms with E-state index in [1.165, 1.54) is 5.56 Å². The fraction of sp³-hybridized carbons (Fsp3) is 0.391. The van der Waals surface area contributed by atoms with Crippen molar-refractivity contribution in [1.29, 1.82) is 0 Å². The van der Waals surface area contributed by atoms with Crippen molar-refractivity contribution in [3.63, 3.8) is 0 Å². The number of amides is 1. The Bertz CT molecular complexity index is 961. The molecule has 0 atom stereocenters. The van der Waals surface area contributed by atoms with E-state index < -0.39 is 0 Å². The summed E-state index contributed by atoms with van der Waals surface area (Å²) in [5.41, 5.74) is 3.49. The number of thiazole rings is 1. The number of carbonyl (C=O) groups is 1. The molecule has 7 heteroatoms. The second kappa shape index (κ2) is 10.0. The summed E-state index contributed by atoms with van der Waals surface area (Å²) < 4.78 is 1.05. The van der Waals surface area contributed by atoms with Crippen molar-refractivity contribution >= 4 is 56.0 Å². The fourth-order valence-corrected chi connectivity index (χ4v) is 5.91. The van der Waals surface area contributed by atoms with Gasteiger partial charge in [-0.25, -0.2) is 4.98 Å². The van der Waals surface area contributed by atoms with Crippen molar-refractivity contribution in [3.8, 4) is 0 Å². The van der Waals surface area contributed by atoms with Crippen LogP contribution in [0.5, 0.6) is 0 Å². The first-order chi connectivity index (χ1) is 14.6. The monoisotopic (exact) mass is 459 g/mol. The Balaban J connectivity index is 1.22. The van der Waals surface area contributed by atoms with Gasteiger partial charge in [0.25, 0.3) is 0 Å². The minimum atomic E-state index is 0.276. The maximum Gasteiger partial charge on any atom is 0.222 e. The van der Waals surface area contributed by atoms with Gasteiger partial charge < -0.3 is 9.80 Å². The van der Waals surface area contributed by atoms with Crippen LogP contribution >= 0.6 is 34.7 Å². The zero-order chi connectivity index (χ0) is 20.9. The Morgan fingerprint density at radius 3 is 2.63 bits per heavy atom. The number of hydrogen-bond donors (Lipinski definition) is 0. The summed E-state index contributed by atoms with van der Waals surface area (Å²) in [6.07, 6.45) is 1.57. The quantitative estimate of drug-likeness (QED) is 0.429. The highest BCUT2D eigenvalue weighted by atomic mass is 35.5. The first-order valence-electron chi connectivity index (χ1n) is 10.3. The highest BCUT2D eigenvalue weighted by Gasteiger charge is 2.23. The van der Waals surface area contributed by atoms with Gasteiger partial charge >= 0.3 is 0 Å². The van der Waals surface area contributed by atoms with E-state index in [2.05, 4.69) is 36.1 Å². The van der Waals surface area contributed by atoms with E-state index in [0.717, 1.165) is 70.0 Å². The number of fused-ring (bicyclic) bond motifs is 1. The molecule has 3 aromatic rings. The van der Waals surface area contributed by atoms with Gasteiger partial charge in [0.05, 0.1) is 15.2 Å². The molecule has 158 valence electrons. The molecule has 4 rings (SSSR count). The second-order valence-electron chi connectivity index (χ2n) is 7.55. The van der Waals surface area contributed by atoms with Crippen LogP contribution in [0, 0.1) is 6.92 Å². The molecular formula is C23H26ClN3OS2. The number of rotatable bonds is 7. The van der Waals surface area contributed by atoms with Crippen LogP contribution in [-0.2, 0) is 10.5 Å². The second-order valence-corrected chi connectivity index (χ2v) is 10.0. The summed E-state index contributed by atoms with van der Waals surface area (Å²) in [6.45, 7) is 5.24. The molecule has 0 bridgehead atoms. The van der Waals surface area contributed by atoms with Crippen LogP contribution in [0.4, 0.5) is 5.13 Å². The SMILES string of the molecule is Cc1ccc(Cl)c2sc(N3CCN(C(=O)CCCSCc4ccccc4)CC3)nc12. The Labute approximate surface area is 191 Å². The summed E-state index contributed by atoms with van der Waals surface area (Å²) >= 11 is 9.90. The third-order valence-corrected chi connectivity index (χ3v) is 8.07. The number of thioether (sulfide) groups is 1. The minimum Gasteiger partial charge on any atom is -0.345 e. The molecule has 2 aromatic carbocycles. The van der Waals surface area contributed by atoms with E-state index in [1.54, 1.807) is 11.3 Å². The van der Waals surface area contributed by atoms with E-state index in [0.29, 0.717) is 6.42 Å². The predicted octanol–water partition coefficient (Wildman–Crippen LogP) is 5.62. The minimum absolute atomic E-state index is 0.276. The first kappa shape index (κ1) is 21.5. The Hall–Kier alpha value is -1.76. The normalized spacial score (nSPS) is 14.5. The maximum atomic E-state index is 12.6. The summed E-state index contributed by atoms with van der Waals surface area (Å²) in [4.78, 5) is 21.7. The molecule has 1 amide bonds. The topological polar surface area (TPSA) is 36.4 Å². The molecule has 30 heavy (non-hydrogen) atoms. The van der Waals surface area contributed by atoms with Gasteiger partial charge in [-0.15, -0.1) is 0 Å². The van der Waals surface area contributed by atoms with Gasteiger partial charge in [0, 0.05) is 38.4 Å². The molecule has 1 aliphatic rings. The van der Waals surface area contributed by atoms with Gasteiger partial charge in [-0.2, -0.15) is 11.8 Å². The van der Waals surface area contributed by atoms with Crippen LogP contribution in [0.2, 0.25) is 5.02 Å². The number of piperazine rings is 1. The van der Waals surface area contributed by atoms with Gasteiger partial charge in [0.1, 0.15) is 0 Å². The molecular weight excluding hydrogens is 434 g/mol. The predicted molar refractivity (Wildman–Crippen MR) is 130 cm³/mol. The lowest BCUT2D eigenvalue weighted by atomic mass is 10.2. The van der Waals surface area contributed by atoms with Gasteiger partial charge in [0.2, 0.25) is 5.91 Å². The van der Waals surface area contributed by atoms with Crippen molar-refractivity contribution in [2.75, 3.05) is 36.8 Å². The Morgan fingerprint density at radius 1 is 1.13 bits per heavy atom. The lowest BCUT2D eigenvalue weighted by Gasteiger charge is -2.34. The van der Waals surface area contributed by atoms with Gasteiger partial charge in [-0.1, -0.05) is 59.3 Å². The molecule has 0 unspecified atom stereocenters. The number of hydrogen-bond acceptors (Lipinski definition) is 5. The van der Waals surface area contributed by atoms with Crippen LogP contribution in [0.25, 0.3) is 10.2 Å². The van der Waals surface area contributed by atoms with Crippen molar-refractivity contribution in [2.45, 2.75) is 25.5 Å². The van der Waals surface area contributed by atoms with Crippen molar-refractivity contribution in [2.24, 2.45) is 0 Å². The maximum absolute atomic E-state index is 12.6. The van der Waals surface area contributed by atoms with Crippen LogP contribution in [0.15, 0.2) is 42.5 Å². The summed E-state index contributed by atoms with van der Waals surface area (Å²) in [7, 11) is 0. The van der Waals surface area contributed by atoms with Gasteiger partial charge in [-0.05, 0) is 36.3 Å². The Morgan fingerprint density at radius 2 is 1.90 bits per heavy atom. The number of aryl methyl sites for hydroxylation is 1. The fourth-order valence-electron chi connectivity index (χ4n) is 3.62. The van der Waals surface area contributed by atoms with Crippen LogP contribution in [0.3, 0.4) is 0 Å². The summed E-state index contributed by atoms with van der Waals surface area (Å²) in [5.74, 6) is 2.31. The summed E-state index contributed by atoms with van der Waals surface area (Å²) in [6, 6.07) is 14.4. The number of carbonyl (C=O) groups excluding carboxylic acids is 1. The van der Waals surface area contributed by atoms with Gasteiger partial charge in [0.15, 0.2) is 5.13 Å². The molecule has 1 aromatic heterocycles. The lowest BCUT2D eigenvalue weighted by Crippen LogP contribution is -2.48. The van der Waals surface area contributed by atoms with E-state index in [-0.39, 0.29) is 5.91 Å². The largest absolute Gasteiger partial charge is 0.345 e. The average molecular weight is 460 g/mol. The first-order valence-corrected chi connectivity index (χ1v) is 12.7. The van der Waals surface area contributed by atoms with Gasteiger partial charge in [-0.3, -0.25) is 4.79 Å². The molecule has 0 saturated carbocycles. The van der Waals surface area contributed by atoms with E-state index in [4.69, 9.17) is 16.6 Å². The third kappa shape index (κ3) is 5.10. The third-order valence-electron chi connectivity index (χ3n) is 5.38. The van der Waals surface area contributed by atoms with Crippen molar-refractivity contribution in [3.05, 3.63) is 58.6 Å². The number of aromatic nitrogens is 1. The average Bonchev–Trinajstić information content (AvgIpc) is 3.24. The molecule has 0 spiro atoms. The molecule has 2 heterocycles. The van der Waals surface area contributed by atoms with Crippen molar-refractivity contribution < 1.29 is 4.79 Å². The highest BCUT2D eigenvalue weighted by molar-refractivity contribution is 7.98. The zero-order valence-electron chi connectivity index (χ0n) is 17.1. The molecule has 1 saturated heterocycles. The van der Waals surface area contributed by atoms with E-state index >= 15 is 0 Å². The van der Waals surface area contributed by atoms with Crippen molar-refractivity contribution in [1.82, 2.24) is 9.88 Å². The molecule has 0 radical (unpaired) electrons. The number of halogens is 1. The number of anilines is 1. The van der Waals surface area contributed by atoms with Crippen LogP contribution in [0.1, 0.15) is 24.0 Å². The number of nitrogens with zero attached hydrogens (tertiary/aromatic N) is 3. The molecule has 0 N–H and O–H groups in total. The number of benzene rings is 2. The lowest BCUT2D eigenvalue weighted by molar-refractivity contribution is -0.131. The van der Waals surface area contributed by atoms with Crippen LogP contribution < -0.4 is 4.90 Å². The van der Waals surface area contributed by atoms with E-state index in [9.17, 15) is 4.79 Å². The Kier molecular flexibility index (Phi) is 7.18.